The SMILES string of the molecule is C/C=C\C(=C/C)n1c2ccc(-c3ccc(C)cc3)cc2c2ccc3ccccc3c21. The van der Waals surface area contributed by atoms with Gasteiger partial charge < -0.3 is 4.57 Å². The molecule has 0 atom stereocenters. The van der Waals surface area contributed by atoms with Gasteiger partial charge in [-0.05, 0) is 55.5 Å². The van der Waals surface area contributed by atoms with Crippen LogP contribution in [-0.2, 0) is 0 Å². The first kappa shape index (κ1) is 18.4. The minimum absolute atomic E-state index is 1.19. The monoisotopic (exact) mass is 387 g/mol. The molecule has 0 bridgehead atoms. The average Bonchev–Trinajstić information content (AvgIpc) is 3.12. The van der Waals surface area contributed by atoms with Gasteiger partial charge in [0.2, 0.25) is 0 Å². The predicted octanol–water partition coefficient (Wildman–Crippen LogP) is 8.36. The Bertz CT molecular complexity index is 1440. The van der Waals surface area contributed by atoms with Crippen molar-refractivity contribution in [1.29, 1.82) is 0 Å². The van der Waals surface area contributed by atoms with Crippen molar-refractivity contribution in [3.63, 3.8) is 0 Å². The van der Waals surface area contributed by atoms with Crippen molar-refractivity contribution in [3.8, 4) is 11.1 Å². The van der Waals surface area contributed by atoms with Crippen LogP contribution in [0.25, 0.3) is 49.4 Å². The molecule has 1 nitrogen and oxygen atoms in total. The minimum atomic E-state index is 1.19. The highest BCUT2D eigenvalue weighted by atomic mass is 15.0. The maximum absolute atomic E-state index is 2.41. The number of allylic oxidation sites excluding steroid dienone is 4. The highest BCUT2D eigenvalue weighted by Crippen LogP contribution is 2.38. The lowest BCUT2D eigenvalue weighted by Crippen LogP contribution is -1.95. The highest BCUT2D eigenvalue weighted by molar-refractivity contribution is 6.19. The van der Waals surface area contributed by atoms with Gasteiger partial charge >= 0.3 is 0 Å². The number of aromatic nitrogens is 1. The molecule has 0 aliphatic heterocycles. The summed E-state index contributed by atoms with van der Waals surface area (Å²) in [6.07, 6.45) is 6.49. The summed E-state index contributed by atoms with van der Waals surface area (Å²) >= 11 is 0. The molecule has 0 aliphatic carbocycles. The number of hydrogen-bond acceptors (Lipinski definition) is 0. The summed E-state index contributed by atoms with van der Waals surface area (Å²) in [6, 6.07) is 28.8. The van der Waals surface area contributed by atoms with Gasteiger partial charge in [-0.2, -0.15) is 0 Å². The topological polar surface area (TPSA) is 4.93 Å². The zero-order chi connectivity index (χ0) is 20.7. The first-order valence-corrected chi connectivity index (χ1v) is 10.5. The normalized spacial score (nSPS) is 12.6. The molecule has 0 aliphatic rings. The van der Waals surface area contributed by atoms with E-state index in [-0.39, 0.29) is 0 Å². The fourth-order valence-corrected chi connectivity index (χ4v) is 4.44. The third kappa shape index (κ3) is 2.86. The summed E-state index contributed by atoms with van der Waals surface area (Å²) in [5, 5.41) is 5.13. The van der Waals surface area contributed by atoms with Crippen LogP contribution in [0.5, 0.6) is 0 Å². The Labute approximate surface area is 177 Å². The van der Waals surface area contributed by atoms with Gasteiger partial charge in [-0.1, -0.05) is 84.4 Å². The van der Waals surface area contributed by atoms with Crippen LogP contribution in [0, 0.1) is 6.92 Å². The first-order valence-electron chi connectivity index (χ1n) is 10.5. The maximum atomic E-state index is 2.41. The minimum Gasteiger partial charge on any atom is -0.309 e. The van der Waals surface area contributed by atoms with Gasteiger partial charge in [-0.15, -0.1) is 0 Å². The summed E-state index contributed by atoms with van der Waals surface area (Å²) in [7, 11) is 0. The van der Waals surface area contributed by atoms with Crippen molar-refractivity contribution in [2.45, 2.75) is 20.8 Å². The highest BCUT2D eigenvalue weighted by Gasteiger charge is 2.15. The molecule has 0 saturated carbocycles. The van der Waals surface area contributed by atoms with Crippen molar-refractivity contribution in [2.75, 3.05) is 0 Å². The maximum Gasteiger partial charge on any atom is 0.0619 e. The van der Waals surface area contributed by atoms with E-state index in [9.17, 15) is 0 Å². The van der Waals surface area contributed by atoms with E-state index in [0.717, 1.165) is 0 Å². The second-order valence-electron chi connectivity index (χ2n) is 7.83. The molecular weight excluding hydrogens is 362 g/mol. The Balaban J connectivity index is 1.91. The molecule has 0 fully saturated rings. The number of benzene rings is 4. The fourth-order valence-electron chi connectivity index (χ4n) is 4.44. The van der Waals surface area contributed by atoms with E-state index < -0.39 is 0 Å². The van der Waals surface area contributed by atoms with E-state index in [1.807, 2.05) is 0 Å². The van der Waals surface area contributed by atoms with Crippen molar-refractivity contribution in [3.05, 3.63) is 103 Å². The molecule has 1 aromatic heterocycles. The molecule has 5 aromatic rings. The Morgan fingerprint density at radius 2 is 1.50 bits per heavy atom. The molecular formula is C29H25N. The van der Waals surface area contributed by atoms with E-state index >= 15 is 0 Å². The molecule has 4 aromatic carbocycles. The van der Waals surface area contributed by atoms with Crippen LogP contribution < -0.4 is 0 Å². The molecule has 0 amide bonds. The van der Waals surface area contributed by atoms with E-state index in [4.69, 9.17) is 0 Å². The number of nitrogens with zero attached hydrogens (tertiary/aromatic N) is 1. The number of rotatable bonds is 3. The molecule has 0 spiro atoms. The fraction of sp³-hybridized carbons (Fsp3) is 0.103. The van der Waals surface area contributed by atoms with Crippen LogP contribution in [0.4, 0.5) is 0 Å². The lowest BCUT2D eigenvalue weighted by atomic mass is 10.0. The molecule has 0 N–H and O–H groups in total. The van der Waals surface area contributed by atoms with Gasteiger partial charge in [-0.25, -0.2) is 0 Å². The second kappa shape index (κ2) is 7.35. The Morgan fingerprint density at radius 3 is 2.27 bits per heavy atom. The summed E-state index contributed by atoms with van der Waals surface area (Å²) in [5.74, 6) is 0. The molecule has 1 heterocycles. The lowest BCUT2D eigenvalue weighted by molar-refractivity contribution is 1.24. The van der Waals surface area contributed by atoms with Crippen molar-refractivity contribution < 1.29 is 0 Å². The van der Waals surface area contributed by atoms with Crippen LogP contribution in [0.3, 0.4) is 0 Å². The summed E-state index contributed by atoms with van der Waals surface area (Å²) in [6.45, 7) is 6.31. The van der Waals surface area contributed by atoms with Crippen LogP contribution in [0.1, 0.15) is 19.4 Å². The van der Waals surface area contributed by atoms with Gasteiger partial charge in [0.15, 0.2) is 0 Å². The zero-order valence-electron chi connectivity index (χ0n) is 17.7. The van der Waals surface area contributed by atoms with Crippen molar-refractivity contribution in [2.24, 2.45) is 0 Å². The first-order chi connectivity index (χ1) is 14.7. The molecule has 30 heavy (non-hydrogen) atoms. The van der Waals surface area contributed by atoms with Gasteiger partial charge in [0.05, 0.1) is 11.0 Å². The predicted molar refractivity (Wildman–Crippen MR) is 132 cm³/mol. The van der Waals surface area contributed by atoms with Crippen LogP contribution in [0.15, 0.2) is 97.1 Å². The van der Waals surface area contributed by atoms with Crippen LogP contribution >= 0.6 is 0 Å². The summed E-state index contributed by atoms with van der Waals surface area (Å²) in [4.78, 5) is 0. The number of fused-ring (bicyclic) bond motifs is 5. The Kier molecular flexibility index (Phi) is 4.52. The van der Waals surface area contributed by atoms with Crippen molar-refractivity contribution >= 4 is 38.3 Å². The number of aryl methyl sites for hydroxylation is 1. The van der Waals surface area contributed by atoms with E-state index in [2.05, 4.69) is 122 Å². The largest absolute Gasteiger partial charge is 0.309 e. The smallest absolute Gasteiger partial charge is 0.0619 e. The standard InChI is InChI=1S/C29H25N/c1-4-8-24(5-2)30-28-18-16-23(21-13-11-20(3)12-14-21)19-27(28)26-17-15-22-9-6-7-10-25(22)29(26)30/h4-19H,1-3H3/b8-4-,24-5+. The second-order valence-corrected chi connectivity index (χ2v) is 7.83. The zero-order valence-corrected chi connectivity index (χ0v) is 17.7. The third-order valence-corrected chi connectivity index (χ3v) is 5.93. The average molecular weight is 388 g/mol. The Morgan fingerprint density at radius 1 is 0.733 bits per heavy atom. The molecule has 146 valence electrons. The third-order valence-electron chi connectivity index (χ3n) is 5.93. The van der Waals surface area contributed by atoms with Crippen LogP contribution in [0.2, 0.25) is 0 Å². The van der Waals surface area contributed by atoms with Gasteiger partial charge in [0.25, 0.3) is 0 Å². The van der Waals surface area contributed by atoms with E-state index in [1.165, 1.54) is 55.0 Å². The van der Waals surface area contributed by atoms with Gasteiger partial charge in [0, 0.05) is 21.9 Å². The Hall–Kier alpha value is -3.58. The quantitative estimate of drug-likeness (QED) is 0.274. The molecule has 0 unspecified atom stereocenters. The van der Waals surface area contributed by atoms with Gasteiger partial charge in [-0.3, -0.25) is 0 Å². The van der Waals surface area contributed by atoms with E-state index in [1.54, 1.807) is 0 Å². The molecule has 1 heteroatoms. The number of hydrogen-bond donors (Lipinski definition) is 0. The summed E-state index contributed by atoms with van der Waals surface area (Å²) < 4.78 is 2.41. The molecule has 0 radical (unpaired) electrons. The van der Waals surface area contributed by atoms with E-state index in [0.29, 0.717) is 0 Å². The molecule has 5 rings (SSSR count). The van der Waals surface area contributed by atoms with Crippen LogP contribution in [-0.4, -0.2) is 4.57 Å². The lowest BCUT2D eigenvalue weighted by Gasteiger charge is -2.11. The van der Waals surface area contributed by atoms with Gasteiger partial charge in [0.1, 0.15) is 0 Å². The molecule has 0 saturated heterocycles. The van der Waals surface area contributed by atoms with Crippen molar-refractivity contribution in [1.82, 2.24) is 4.57 Å². The summed E-state index contributed by atoms with van der Waals surface area (Å²) in [5.41, 5.74) is 7.49.